The molecule has 162 valence electrons. The molecule has 0 unspecified atom stereocenters. The van der Waals surface area contributed by atoms with E-state index in [1.54, 1.807) is 14.2 Å². The first-order valence-electron chi connectivity index (χ1n) is 10.4. The highest BCUT2D eigenvalue weighted by atomic mass is 16.5. The highest BCUT2D eigenvalue weighted by molar-refractivity contribution is 5.93. The van der Waals surface area contributed by atoms with Crippen molar-refractivity contribution < 1.29 is 14.3 Å². The predicted molar refractivity (Wildman–Crippen MR) is 128 cm³/mol. The molecule has 0 aliphatic heterocycles. The van der Waals surface area contributed by atoms with E-state index in [1.165, 1.54) is 12.5 Å². The molecule has 0 saturated heterocycles. The number of rotatable bonds is 9. The molecule has 0 aliphatic carbocycles. The molecular formula is C26H30N2O3. The van der Waals surface area contributed by atoms with Crippen molar-refractivity contribution in [3.8, 4) is 11.5 Å². The number of nitrogens with zero attached hydrogens (tertiary/aromatic N) is 1. The van der Waals surface area contributed by atoms with Gasteiger partial charge in [-0.05, 0) is 65.7 Å². The lowest BCUT2D eigenvalue weighted by molar-refractivity contribution is -0.114. The number of benzene rings is 3. The van der Waals surface area contributed by atoms with Crippen LogP contribution < -0.4 is 14.8 Å². The van der Waals surface area contributed by atoms with E-state index in [9.17, 15) is 4.79 Å². The zero-order valence-electron chi connectivity index (χ0n) is 18.6. The van der Waals surface area contributed by atoms with Crippen LogP contribution in [-0.2, 0) is 11.2 Å². The number of carbonyl (C=O) groups is 1. The molecule has 0 fully saturated rings. The number of likely N-dealkylation sites (N-methyl/N-ethyl adjacent to an activating group) is 1. The van der Waals surface area contributed by atoms with Gasteiger partial charge in [0.05, 0.1) is 14.2 Å². The number of methoxy groups -OCH3 is 2. The van der Waals surface area contributed by atoms with Crippen molar-refractivity contribution in [1.82, 2.24) is 4.90 Å². The summed E-state index contributed by atoms with van der Waals surface area (Å²) in [4.78, 5) is 13.5. The maximum atomic E-state index is 11.2. The van der Waals surface area contributed by atoms with E-state index in [2.05, 4.69) is 53.7 Å². The standard InChI is InChI=1S/C26H30N2O3/c1-19(29)27-24-11-10-22-16-20(7-9-23(22)18-24)6-5-14-28(2)15-13-21-8-12-25(30-3)26(17-21)31-4/h5-12,16-18H,13-15H2,1-4H3,(H,27,29)/b6-5+. The largest absolute Gasteiger partial charge is 0.493 e. The van der Waals surface area contributed by atoms with Gasteiger partial charge < -0.3 is 19.7 Å². The van der Waals surface area contributed by atoms with E-state index >= 15 is 0 Å². The number of amides is 1. The third-order valence-corrected chi connectivity index (χ3v) is 5.14. The van der Waals surface area contributed by atoms with Crippen molar-refractivity contribution in [3.63, 3.8) is 0 Å². The molecule has 31 heavy (non-hydrogen) atoms. The van der Waals surface area contributed by atoms with Crippen molar-refractivity contribution in [2.45, 2.75) is 13.3 Å². The molecule has 5 nitrogen and oxygen atoms in total. The predicted octanol–water partition coefficient (Wildman–Crippen LogP) is 5.00. The monoisotopic (exact) mass is 418 g/mol. The van der Waals surface area contributed by atoms with Gasteiger partial charge in [-0.25, -0.2) is 0 Å². The van der Waals surface area contributed by atoms with Crippen LogP contribution in [-0.4, -0.2) is 45.2 Å². The van der Waals surface area contributed by atoms with Crippen LogP contribution in [0.25, 0.3) is 16.8 Å². The fraction of sp³-hybridized carbons (Fsp3) is 0.269. The Kier molecular flexibility index (Phi) is 7.68. The Morgan fingerprint density at radius 1 is 0.968 bits per heavy atom. The topological polar surface area (TPSA) is 50.8 Å². The zero-order valence-corrected chi connectivity index (χ0v) is 18.6. The number of hydrogen-bond acceptors (Lipinski definition) is 4. The van der Waals surface area contributed by atoms with Gasteiger partial charge in [0.25, 0.3) is 0 Å². The van der Waals surface area contributed by atoms with Gasteiger partial charge >= 0.3 is 0 Å². The Labute approximate surface area is 184 Å². The van der Waals surface area contributed by atoms with Crippen LogP contribution in [0.4, 0.5) is 5.69 Å². The summed E-state index contributed by atoms with van der Waals surface area (Å²) in [6.45, 7) is 3.33. The number of hydrogen-bond donors (Lipinski definition) is 1. The lowest BCUT2D eigenvalue weighted by atomic mass is 10.1. The highest BCUT2D eigenvalue weighted by Crippen LogP contribution is 2.27. The first kappa shape index (κ1) is 22.4. The molecule has 0 aliphatic rings. The molecule has 1 N–H and O–H groups in total. The van der Waals surface area contributed by atoms with Gasteiger partial charge in [0, 0.05) is 25.7 Å². The molecule has 1 amide bonds. The summed E-state index contributed by atoms with van der Waals surface area (Å²) in [6.07, 6.45) is 5.27. The van der Waals surface area contributed by atoms with Crippen LogP contribution in [0.15, 0.2) is 60.7 Å². The maximum absolute atomic E-state index is 11.2. The van der Waals surface area contributed by atoms with Crippen molar-refractivity contribution in [1.29, 1.82) is 0 Å². The molecule has 3 aromatic carbocycles. The van der Waals surface area contributed by atoms with Gasteiger partial charge in [0.1, 0.15) is 0 Å². The third-order valence-electron chi connectivity index (χ3n) is 5.14. The average Bonchev–Trinajstić information content (AvgIpc) is 2.77. The molecule has 0 radical (unpaired) electrons. The summed E-state index contributed by atoms with van der Waals surface area (Å²) in [6, 6.07) is 18.4. The summed E-state index contributed by atoms with van der Waals surface area (Å²) in [7, 11) is 5.43. The minimum absolute atomic E-state index is 0.0610. The Morgan fingerprint density at radius 3 is 2.45 bits per heavy atom. The molecule has 3 rings (SSSR count). The summed E-state index contributed by atoms with van der Waals surface area (Å²) in [5, 5.41) is 5.08. The van der Waals surface area contributed by atoms with Crippen LogP contribution in [0.5, 0.6) is 11.5 Å². The summed E-state index contributed by atoms with van der Waals surface area (Å²) in [5.41, 5.74) is 3.20. The number of nitrogens with one attached hydrogen (secondary N) is 1. The molecule has 0 heterocycles. The average molecular weight is 419 g/mol. The molecule has 0 bridgehead atoms. The molecule has 0 atom stereocenters. The van der Waals surface area contributed by atoms with E-state index in [0.717, 1.165) is 53.0 Å². The fourth-order valence-electron chi connectivity index (χ4n) is 3.47. The molecule has 0 spiro atoms. The van der Waals surface area contributed by atoms with Crippen LogP contribution in [0.1, 0.15) is 18.1 Å². The second kappa shape index (κ2) is 10.6. The van der Waals surface area contributed by atoms with E-state index in [4.69, 9.17) is 9.47 Å². The molecule has 0 aromatic heterocycles. The van der Waals surface area contributed by atoms with Crippen molar-refractivity contribution in [2.75, 3.05) is 39.7 Å². The Bertz CT molecular complexity index is 1080. The van der Waals surface area contributed by atoms with Crippen LogP contribution in [0, 0.1) is 0 Å². The van der Waals surface area contributed by atoms with E-state index in [-0.39, 0.29) is 5.91 Å². The van der Waals surface area contributed by atoms with Gasteiger partial charge in [-0.2, -0.15) is 0 Å². The second-order valence-electron chi connectivity index (χ2n) is 7.61. The lowest BCUT2D eigenvalue weighted by Gasteiger charge is -2.15. The van der Waals surface area contributed by atoms with Gasteiger partial charge in [0.2, 0.25) is 5.91 Å². The molecule has 0 saturated carbocycles. The van der Waals surface area contributed by atoms with Crippen LogP contribution >= 0.6 is 0 Å². The van der Waals surface area contributed by atoms with Gasteiger partial charge in [-0.1, -0.05) is 36.4 Å². The minimum Gasteiger partial charge on any atom is -0.493 e. The Balaban J connectivity index is 1.54. The van der Waals surface area contributed by atoms with Gasteiger partial charge in [-0.15, -0.1) is 0 Å². The Morgan fingerprint density at radius 2 is 1.71 bits per heavy atom. The minimum atomic E-state index is -0.0610. The number of fused-ring (bicyclic) bond motifs is 1. The van der Waals surface area contributed by atoms with Crippen LogP contribution in [0.3, 0.4) is 0 Å². The van der Waals surface area contributed by atoms with Crippen LogP contribution in [0.2, 0.25) is 0 Å². The normalized spacial score (nSPS) is 11.3. The molecule has 5 heteroatoms. The van der Waals surface area contributed by atoms with E-state index in [0.29, 0.717) is 0 Å². The SMILES string of the molecule is COc1ccc(CCN(C)C/C=C/c2ccc3cc(NC(C)=O)ccc3c2)cc1OC. The summed E-state index contributed by atoms with van der Waals surface area (Å²) >= 11 is 0. The lowest BCUT2D eigenvalue weighted by Crippen LogP contribution is -2.21. The fourth-order valence-corrected chi connectivity index (χ4v) is 3.47. The Hall–Kier alpha value is -3.31. The quantitative estimate of drug-likeness (QED) is 0.531. The van der Waals surface area contributed by atoms with Crippen molar-refractivity contribution in [3.05, 3.63) is 71.8 Å². The number of carbonyl (C=O) groups excluding carboxylic acids is 1. The number of ether oxygens (including phenoxy) is 2. The van der Waals surface area contributed by atoms with Crippen molar-refractivity contribution >= 4 is 28.4 Å². The summed E-state index contributed by atoms with van der Waals surface area (Å²) in [5.74, 6) is 1.46. The zero-order chi connectivity index (χ0) is 22.2. The van der Waals surface area contributed by atoms with Gasteiger partial charge in [0.15, 0.2) is 11.5 Å². The maximum Gasteiger partial charge on any atom is 0.221 e. The summed E-state index contributed by atoms with van der Waals surface area (Å²) < 4.78 is 10.7. The smallest absolute Gasteiger partial charge is 0.221 e. The molecule has 3 aromatic rings. The van der Waals surface area contributed by atoms with E-state index in [1.807, 2.05) is 30.3 Å². The second-order valence-corrected chi connectivity index (χ2v) is 7.61. The first-order chi connectivity index (χ1) is 15.0. The third kappa shape index (κ3) is 6.33. The molecular weight excluding hydrogens is 388 g/mol. The first-order valence-corrected chi connectivity index (χ1v) is 10.4. The number of anilines is 1. The highest BCUT2D eigenvalue weighted by Gasteiger charge is 2.05. The van der Waals surface area contributed by atoms with Crippen molar-refractivity contribution in [2.24, 2.45) is 0 Å². The van der Waals surface area contributed by atoms with E-state index < -0.39 is 0 Å². The van der Waals surface area contributed by atoms with Gasteiger partial charge in [-0.3, -0.25) is 4.79 Å².